The number of carbonyl (C=O) groups is 3. The minimum absolute atomic E-state index is 0.0968. The first-order chi connectivity index (χ1) is 23.1. The predicted octanol–water partition coefficient (Wildman–Crippen LogP) is 6.70. The number of halogens is 2. The van der Waals surface area contributed by atoms with E-state index in [9.17, 15) is 23.2 Å². The Balaban J connectivity index is 1.58. The number of amides is 2. The number of nitrogens with one attached hydrogen (secondary N) is 2. The first kappa shape index (κ1) is 39.8. The molecule has 268 valence electrons. The van der Waals surface area contributed by atoms with Crippen LogP contribution in [0.1, 0.15) is 44.4 Å². The first-order valence-electron chi connectivity index (χ1n) is 16.5. The van der Waals surface area contributed by atoms with E-state index in [2.05, 4.69) is 61.2 Å². The number of thioether (sulfide) groups is 1. The number of aromatic nitrogens is 1. The molecule has 2 atom stereocenters. The highest BCUT2D eigenvalue weighted by molar-refractivity contribution is 8.00. The maximum absolute atomic E-state index is 14.9. The fourth-order valence-corrected chi connectivity index (χ4v) is 9.08. The van der Waals surface area contributed by atoms with E-state index in [1.165, 1.54) is 6.07 Å². The van der Waals surface area contributed by atoms with E-state index in [1.807, 2.05) is 30.5 Å². The first-order valence-corrected chi connectivity index (χ1v) is 21.1. The Morgan fingerprint density at radius 1 is 1.04 bits per heavy atom. The molecular formula is C36H50F2N4O5SSi. The van der Waals surface area contributed by atoms with Crippen LogP contribution in [0, 0.1) is 17.0 Å². The lowest BCUT2D eigenvalue weighted by Crippen LogP contribution is -2.35. The predicted molar refractivity (Wildman–Crippen MR) is 195 cm³/mol. The number of nitrogens with two attached hydrogens (primary N) is 1. The molecule has 0 saturated heterocycles. The van der Waals surface area contributed by atoms with E-state index in [0.29, 0.717) is 31.6 Å². The van der Waals surface area contributed by atoms with Crippen LogP contribution in [0.5, 0.6) is 0 Å². The van der Waals surface area contributed by atoms with Crippen LogP contribution in [0.4, 0.5) is 13.6 Å². The molecule has 0 aliphatic rings. The fraction of sp³-hybridized carbons (Fsp3) is 0.472. The summed E-state index contributed by atoms with van der Waals surface area (Å²) in [6, 6.07) is 16.2. The fourth-order valence-electron chi connectivity index (χ4n) is 5.49. The quantitative estimate of drug-likeness (QED) is 0.0851. The lowest BCUT2D eigenvalue weighted by molar-refractivity contribution is -0.138. The van der Waals surface area contributed by atoms with Crippen LogP contribution in [0.3, 0.4) is 0 Å². The van der Waals surface area contributed by atoms with Crippen molar-refractivity contribution in [3.8, 4) is 11.1 Å². The van der Waals surface area contributed by atoms with E-state index in [1.54, 1.807) is 0 Å². The van der Waals surface area contributed by atoms with Crippen LogP contribution < -0.4 is 16.4 Å². The Bertz CT molecular complexity index is 1550. The lowest BCUT2D eigenvalue weighted by atomic mass is 9.79. The van der Waals surface area contributed by atoms with Crippen LogP contribution >= 0.6 is 11.8 Å². The van der Waals surface area contributed by atoms with Gasteiger partial charge >= 0.3 is 12.1 Å². The van der Waals surface area contributed by atoms with Crippen molar-refractivity contribution < 1.29 is 33.0 Å². The Morgan fingerprint density at radius 2 is 1.73 bits per heavy atom. The van der Waals surface area contributed by atoms with Crippen molar-refractivity contribution >= 4 is 37.8 Å². The highest BCUT2D eigenvalue weighted by atomic mass is 32.2. The third kappa shape index (κ3) is 13.3. The van der Waals surface area contributed by atoms with Crippen LogP contribution in [0.25, 0.3) is 11.1 Å². The molecule has 3 rings (SSSR count). The lowest BCUT2D eigenvalue weighted by Gasteiger charge is -2.37. The molecule has 0 bridgehead atoms. The van der Waals surface area contributed by atoms with Gasteiger partial charge in [0.05, 0.1) is 20.4 Å². The molecule has 0 fully saturated rings. The van der Waals surface area contributed by atoms with Gasteiger partial charge < -0.3 is 30.8 Å². The van der Waals surface area contributed by atoms with Crippen molar-refractivity contribution in [2.24, 2.45) is 11.1 Å². The standard InChI is InChI=1S/C36H50F2N4O5SSi/c1-36(2,3)29(32-18-26(28-19-27(37)12-13-30(28)38)21-42(32)20-25-10-7-6-8-11-25)24-49(4,5)17-16-47-35(46)41-15-9-14-40-33(43)23-48-22-31(39)34(44)45/h6-8,10-13,18-19,21,29,31H,9,14-17,20,22-24,39H2,1-5H3,(H,40,43)(H,41,46)(H,44,45)/t29-,31-/m0/s1. The van der Waals surface area contributed by atoms with Crippen molar-refractivity contribution in [3.63, 3.8) is 0 Å². The van der Waals surface area contributed by atoms with Crippen LogP contribution in [0.15, 0.2) is 60.8 Å². The molecule has 1 aromatic heterocycles. The number of alkyl carbamates (subject to hydrolysis) is 1. The summed E-state index contributed by atoms with van der Waals surface area (Å²) in [7, 11) is -1.95. The number of hydrogen-bond acceptors (Lipinski definition) is 6. The van der Waals surface area contributed by atoms with Gasteiger partial charge in [-0.1, -0.05) is 64.2 Å². The molecule has 2 aromatic carbocycles. The molecule has 0 saturated carbocycles. The van der Waals surface area contributed by atoms with Crippen LogP contribution in [0.2, 0.25) is 25.2 Å². The minimum atomic E-state index is -1.95. The third-order valence-corrected chi connectivity index (χ3v) is 12.5. The summed E-state index contributed by atoms with van der Waals surface area (Å²) in [5, 5.41) is 14.2. The van der Waals surface area contributed by atoms with Crippen molar-refractivity contribution in [2.75, 3.05) is 31.2 Å². The summed E-state index contributed by atoms with van der Waals surface area (Å²) in [6.07, 6.45) is 1.92. The molecule has 0 unspecified atom stereocenters. The van der Waals surface area contributed by atoms with Crippen molar-refractivity contribution in [3.05, 3.63) is 83.7 Å². The maximum atomic E-state index is 14.9. The Kier molecular flexibility index (Phi) is 14.9. The zero-order chi connectivity index (χ0) is 36.2. The molecule has 0 aliphatic carbocycles. The SMILES string of the molecule is CC(C)(C)[C@@H](C[Si](C)(C)CCOC(=O)NCCCNC(=O)CSC[C@H](N)C(=O)O)c1cc(-c2cc(F)ccc2F)cn1Cc1ccccc1. The van der Waals surface area contributed by atoms with E-state index >= 15 is 0 Å². The number of rotatable bonds is 18. The number of carboxylic acid groups (broad SMARTS) is 1. The largest absolute Gasteiger partial charge is 0.480 e. The highest BCUT2D eigenvalue weighted by Crippen LogP contribution is 2.44. The van der Waals surface area contributed by atoms with E-state index < -0.39 is 37.8 Å². The molecule has 3 aromatic rings. The number of carboxylic acids is 1. The minimum Gasteiger partial charge on any atom is -0.480 e. The van der Waals surface area contributed by atoms with Crippen LogP contribution in [-0.4, -0.2) is 73.0 Å². The summed E-state index contributed by atoms with van der Waals surface area (Å²) < 4.78 is 36.8. The zero-order valence-corrected chi connectivity index (χ0v) is 30.9. The van der Waals surface area contributed by atoms with Gasteiger partial charge in [-0.25, -0.2) is 13.6 Å². The number of benzene rings is 2. The van der Waals surface area contributed by atoms with Gasteiger partial charge in [-0.3, -0.25) is 9.59 Å². The second-order valence-corrected chi connectivity index (χ2v) is 20.4. The van der Waals surface area contributed by atoms with Gasteiger partial charge in [-0.2, -0.15) is 0 Å². The van der Waals surface area contributed by atoms with Crippen LogP contribution in [-0.2, 0) is 20.9 Å². The molecular weight excluding hydrogens is 667 g/mol. The number of hydrogen-bond donors (Lipinski definition) is 4. The third-order valence-electron chi connectivity index (χ3n) is 8.33. The Hall–Kier alpha value is -3.68. The summed E-state index contributed by atoms with van der Waals surface area (Å²) in [5.74, 6) is -1.94. The summed E-state index contributed by atoms with van der Waals surface area (Å²) in [6.45, 7) is 12.7. The van der Waals surface area contributed by atoms with E-state index in [0.717, 1.165) is 47.2 Å². The number of carbonyl (C=O) groups excluding carboxylic acids is 2. The average Bonchev–Trinajstić information content (AvgIpc) is 3.43. The number of ether oxygens (including phenoxy) is 1. The summed E-state index contributed by atoms with van der Waals surface area (Å²) in [4.78, 5) is 35.0. The molecule has 2 amide bonds. The molecule has 0 radical (unpaired) electrons. The molecule has 5 N–H and O–H groups in total. The van der Waals surface area contributed by atoms with E-state index in [-0.39, 0.29) is 40.9 Å². The zero-order valence-electron chi connectivity index (χ0n) is 29.1. The van der Waals surface area contributed by atoms with Crippen molar-refractivity contribution in [1.82, 2.24) is 15.2 Å². The van der Waals surface area contributed by atoms with Gasteiger partial charge in [0.1, 0.15) is 17.7 Å². The second kappa shape index (κ2) is 18.3. The normalized spacial score (nSPS) is 13.1. The van der Waals surface area contributed by atoms with Gasteiger partial charge in [0.2, 0.25) is 5.91 Å². The van der Waals surface area contributed by atoms with E-state index in [4.69, 9.17) is 15.6 Å². The second-order valence-electron chi connectivity index (χ2n) is 14.2. The molecule has 0 aliphatic heterocycles. The number of nitrogens with zero attached hydrogens (tertiary/aromatic N) is 1. The molecule has 49 heavy (non-hydrogen) atoms. The molecule has 9 nitrogen and oxygen atoms in total. The highest BCUT2D eigenvalue weighted by Gasteiger charge is 2.36. The number of aliphatic carboxylic acids is 1. The van der Waals surface area contributed by atoms with Crippen molar-refractivity contribution in [2.45, 2.75) is 70.9 Å². The van der Waals surface area contributed by atoms with Gasteiger partial charge in [0, 0.05) is 54.3 Å². The average molecular weight is 717 g/mol. The van der Waals surface area contributed by atoms with Gasteiger partial charge in [0.15, 0.2) is 0 Å². The Labute approximate surface area is 293 Å². The smallest absolute Gasteiger partial charge is 0.407 e. The maximum Gasteiger partial charge on any atom is 0.407 e. The van der Waals surface area contributed by atoms with Gasteiger partial charge in [-0.05, 0) is 53.8 Å². The van der Waals surface area contributed by atoms with Gasteiger partial charge in [0.25, 0.3) is 0 Å². The molecule has 13 heteroatoms. The molecule has 0 spiro atoms. The Morgan fingerprint density at radius 3 is 2.41 bits per heavy atom. The van der Waals surface area contributed by atoms with Crippen molar-refractivity contribution in [1.29, 1.82) is 0 Å². The summed E-state index contributed by atoms with van der Waals surface area (Å²) >= 11 is 1.15. The molecule has 1 heterocycles. The summed E-state index contributed by atoms with van der Waals surface area (Å²) in [5.41, 5.74) is 8.31. The monoisotopic (exact) mass is 716 g/mol. The topological polar surface area (TPSA) is 136 Å². The van der Waals surface area contributed by atoms with Gasteiger partial charge in [-0.15, -0.1) is 11.8 Å².